The van der Waals surface area contributed by atoms with Crippen molar-refractivity contribution in [3.63, 3.8) is 0 Å². The Hall–Kier alpha value is -3.28. The molecule has 0 aliphatic carbocycles. The number of hydrogen-bond acceptors (Lipinski definition) is 4. The highest BCUT2D eigenvalue weighted by Gasteiger charge is 2.32. The van der Waals surface area contributed by atoms with Crippen molar-refractivity contribution in [3.05, 3.63) is 77.6 Å². The molecule has 0 N–H and O–H groups in total. The molecule has 0 spiro atoms. The van der Waals surface area contributed by atoms with Gasteiger partial charge in [0.15, 0.2) is 0 Å². The van der Waals surface area contributed by atoms with Crippen molar-refractivity contribution in [1.29, 1.82) is 0 Å². The number of benzene rings is 2. The third-order valence-electron chi connectivity index (χ3n) is 5.42. The largest absolute Gasteiger partial charge is 0.497 e. The van der Waals surface area contributed by atoms with E-state index in [1.807, 2.05) is 64.3 Å². The average molecular weight is 391 g/mol. The highest BCUT2D eigenvalue weighted by molar-refractivity contribution is 5.94. The maximum Gasteiger partial charge on any atom is 0.254 e. The lowest BCUT2D eigenvalue weighted by atomic mass is 10.0. The van der Waals surface area contributed by atoms with Crippen LogP contribution in [-0.2, 0) is 6.54 Å². The minimum atomic E-state index is 0.00658. The lowest BCUT2D eigenvalue weighted by Gasteiger charge is -2.26. The van der Waals surface area contributed by atoms with E-state index in [4.69, 9.17) is 9.47 Å². The van der Waals surface area contributed by atoms with Gasteiger partial charge in [-0.25, -0.2) is 0 Å². The van der Waals surface area contributed by atoms with Gasteiger partial charge in [0.25, 0.3) is 5.91 Å². The predicted octanol–water partition coefficient (Wildman–Crippen LogP) is 3.93. The summed E-state index contributed by atoms with van der Waals surface area (Å²) in [4.78, 5) is 15.2. The van der Waals surface area contributed by atoms with Crippen LogP contribution in [0.25, 0.3) is 0 Å². The molecule has 1 unspecified atom stereocenters. The molecule has 29 heavy (non-hydrogen) atoms. The fourth-order valence-electron chi connectivity index (χ4n) is 3.93. The van der Waals surface area contributed by atoms with E-state index in [0.29, 0.717) is 12.1 Å². The fourth-order valence-corrected chi connectivity index (χ4v) is 3.93. The van der Waals surface area contributed by atoms with Gasteiger partial charge in [-0.2, -0.15) is 5.10 Å². The van der Waals surface area contributed by atoms with Gasteiger partial charge in [0.05, 0.1) is 26.8 Å². The molecule has 1 fully saturated rings. The Balaban J connectivity index is 1.53. The van der Waals surface area contributed by atoms with E-state index in [1.165, 1.54) is 0 Å². The van der Waals surface area contributed by atoms with Crippen LogP contribution in [0, 0.1) is 0 Å². The second kappa shape index (κ2) is 8.39. The monoisotopic (exact) mass is 391 g/mol. The van der Waals surface area contributed by atoms with Crippen LogP contribution in [0.2, 0.25) is 0 Å². The highest BCUT2D eigenvalue weighted by atomic mass is 16.5. The molecule has 3 aromatic rings. The van der Waals surface area contributed by atoms with Gasteiger partial charge in [-0.3, -0.25) is 9.48 Å². The van der Waals surface area contributed by atoms with Crippen molar-refractivity contribution in [1.82, 2.24) is 14.7 Å². The van der Waals surface area contributed by atoms with Crippen molar-refractivity contribution in [3.8, 4) is 11.5 Å². The average Bonchev–Trinajstić information content (AvgIpc) is 3.45. The van der Waals surface area contributed by atoms with Gasteiger partial charge in [-0.05, 0) is 48.7 Å². The van der Waals surface area contributed by atoms with Crippen molar-refractivity contribution in [2.24, 2.45) is 0 Å². The van der Waals surface area contributed by atoms with Gasteiger partial charge < -0.3 is 14.4 Å². The van der Waals surface area contributed by atoms with Crippen molar-refractivity contribution < 1.29 is 14.3 Å². The standard InChI is InChI=1S/C23H25N3O3/c1-28-19-10-11-20(22(15-19)29-2)21-5-3-14-26(21)23(27)18-8-6-17(7-9-18)16-25-13-4-12-24-25/h4,6-13,15,21H,3,5,14,16H2,1-2H3. The van der Waals surface area contributed by atoms with Crippen LogP contribution in [0.1, 0.15) is 40.4 Å². The summed E-state index contributed by atoms with van der Waals surface area (Å²) in [6, 6.07) is 15.5. The van der Waals surface area contributed by atoms with Crippen LogP contribution in [0.15, 0.2) is 60.9 Å². The highest BCUT2D eigenvalue weighted by Crippen LogP contribution is 2.39. The van der Waals surface area contributed by atoms with E-state index < -0.39 is 0 Å². The predicted molar refractivity (Wildman–Crippen MR) is 110 cm³/mol. The molecule has 150 valence electrons. The molecule has 1 aliphatic rings. The minimum absolute atomic E-state index is 0.00658. The Kier molecular flexibility index (Phi) is 5.51. The number of carbonyl (C=O) groups excluding carboxylic acids is 1. The molecule has 1 saturated heterocycles. The summed E-state index contributed by atoms with van der Waals surface area (Å²) in [5.41, 5.74) is 2.84. The molecule has 6 nitrogen and oxygen atoms in total. The molecule has 6 heteroatoms. The normalized spacial score (nSPS) is 16.1. The molecule has 1 amide bonds. The minimum Gasteiger partial charge on any atom is -0.497 e. The molecule has 2 heterocycles. The fraction of sp³-hybridized carbons (Fsp3) is 0.304. The third kappa shape index (κ3) is 3.97. The second-order valence-corrected chi connectivity index (χ2v) is 7.17. The van der Waals surface area contributed by atoms with E-state index >= 15 is 0 Å². The molecule has 2 aromatic carbocycles. The van der Waals surface area contributed by atoms with Gasteiger partial charge >= 0.3 is 0 Å². The number of amides is 1. The van der Waals surface area contributed by atoms with Gasteiger partial charge in [0.1, 0.15) is 11.5 Å². The number of ether oxygens (including phenoxy) is 2. The summed E-state index contributed by atoms with van der Waals surface area (Å²) < 4.78 is 12.7. The molecule has 0 bridgehead atoms. The number of aromatic nitrogens is 2. The Bertz CT molecular complexity index is 968. The van der Waals surface area contributed by atoms with Gasteiger partial charge in [0, 0.05) is 36.1 Å². The van der Waals surface area contributed by atoms with Crippen LogP contribution in [0.5, 0.6) is 11.5 Å². The summed E-state index contributed by atoms with van der Waals surface area (Å²) >= 11 is 0. The molecule has 0 radical (unpaired) electrons. The summed E-state index contributed by atoms with van der Waals surface area (Å²) in [5.74, 6) is 1.55. The maximum atomic E-state index is 13.2. The van der Waals surface area contributed by atoms with Crippen LogP contribution >= 0.6 is 0 Å². The van der Waals surface area contributed by atoms with Crippen molar-refractivity contribution >= 4 is 5.91 Å². The molecular weight excluding hydrogens is 366 g/mol. The molecule has 1 aliphatic heterocycles. The van der Waals surface area contributed by atoms with E-state index in [2.05, 4.69) is 5.10 Å². The number of hydrogen-bond donors (Lipinski definition) is 0. The number of nitrogens with zero attached hydrogens (tertiary/aromatic N) is 3. The molecule has 0 saturated carbocycles. The Morgan fingerprint density at radius 3 is 2.66 bits per heavy atom. The van der Waals surface area contributed by atoms with E-state index in [-0.39, 0.29) is 11.9 Å². The first-order chi connectivity index (χ1) is 14.2. The van der Waals surface area contributed by atoms with Crippen LogP contribution < -0.4 is 9.47 Å². The Morgan fingerprint density at radius 2 is 1.97 bits per heavy atom. The number of rotatable bonds is 6. The van der Waals surface area contributed by atoms with E-state index in [9.17, 15) is 4.79 Å². The zero-order valence-electron chi connectivity index (χ0n) is 16.7. The number of methoxy groups -OCH3 is 2. The Morgan fingerprint density at radius 1 is 1.14 bits per heavy atom. The summed E-state index contributed by atoms with van der Waals surface area (Å²) in [5, 5.41) is 4.22. The van der Waals surface area contributed by atoms with Crippen molar-refractivity contribution in [2.45, 2.75) is 25.4 Å². The van der Waals surface area contributed by atoms with Gasteiger partial charge in [-0.15, -0.1) is 0 Å². The molecule has 1 atom stereocenters. The first-order valence-corrected chi connectivity index (χ1v) is 9.79. The lowest BCUT2D eigenvalue weighted by molar-refractivity contribution is 0.0734. The molecule has 1 aromatic heterocycles. The first-order valence-electron chi connectivity index (χ1n) is 9.79. The summed E-state index contributed by atoms with van der Waals surface area (Å²) in [6.07, 6.45) is 5.59. The zero-order chi connectivity index (χ0) is 20.2. The molecular formula is C23H25N3O3. The quantitative estimate of drug-likeness (QED) is 0.639. The Labute approximate surface area is 170 Å². The van der Waals surface area contributed by atoms with E-state index in [1.54, 1.807) is 20.4 Å². The topological polar surface area (TPSA) is 56.6 Å². The zero-order valence-corrected chi connectivity index (χ0v) is 16.7. The third-order valence-corrected chi connectivity index (χ3v) is 5.42. The van der Waals surface area contributed by atoms with Crippen molar-refractivity contribution in [2.75, 3.05) is 20.8 Å². The summed E-state index contributed by atoms with van der Waals surface area (Å²) in [6.45, 7) is 1.44. The SMILES string of the molecule is COc1ccc(C2CCCN2C(=O)c2ccc(Cn3cccn3)cc2)c(OC)c1. The van der Waals surface area contributed by atoms with Gasteiger partial charge in [0.2, 0.25) is 0 Å². The number of likely N-dealkylation sites (tertiary alicyclic amines) is 1. The first kappa shape index (κ1) is 19.1. The van der Waals surface area contributed by atoms with Crippen LogP contribution in [0.3, 0.4) is 0 Å². The summed E-state index contributed by atoms with van der Waals surface area (Å²) in [7, 11) is 3.29. The smallest absolute Gasteiger partial charge is 0.254 e. The molecule has 4 rings (SSSR count). The van der Waals surface area contributed by atoms with Gasteiger partial charge in [-0.1, -0.05) is 12.1 Å². The maximum absolute atomic E-state index is 13.2. The van der Waals surface area contributed by atoms with E-state index in [0.717, 1.165) is 42.0 Å². The number of carbonyl (C=O) groups is 1. The van der Waals surface area contributed by atoms with Crippen LogP contribution in [0.4, 0.5) is 0 Å². The van der Waals surface area contributed by atoms with Crippen LogP contribution in [-0.4, -0.2) is 41.4 Å². The lowest BCUT2D eigenvalue weighted by Crippen LogP contribution is -2.30. The second-order valence-electron chi connectivity index (χ2n) is 7.17.